The zero-order valence-corrected chi connectivity index (χ0v) is 12.3. The van der Waals surface area contributed by atoms with E-state index in [1.165, 1.54) is 22.9 Å². The number of nitrogens with zero attached hydrogens (tertiary/aromatic N) is 2. The Labute approximate surface area is 121 Å². The molecule has 0 saturated carbocycles. The number of amides is 1. The van der Waals surface area contributed by atoms with E-state index in [-0.39, 0.29) is 16.1 Å². The molecular formula is C12H15N5O3S. The van der Waals surface area contributed by atoms with Gasteiger partial charge in [0.15, 0.2) is 0 Å². The second kappa shape index (κ2) is 5.09. The van der Waals surface area contributed by atoms with E-state index in [0.717, 1.165) is 0 Å². The van der Waals surface area contributed by atoms with Crippen molar-refractivity contribution in [1.29, 1.82) is 0 Å². The van der Waals surface area contributed by atoms with Gasteiger partial charge in [0.2, 0.25) is 5.91 Å². The number of aryl methyl sites for hydroxylation is 2. The zero-order valence-electron chi connectivity index (χ0n) is 11.5. The average molecular weight is 309 g/mol. The minimum absolute atomic E-state index is 0.0577. The Hall–Kier alpha value is -2.55. The number of hydrogen-bond acceptors (Lipinski definition) is 5. The largest absolute Gasteiger partial charge is 0.398 e. The molecular weight excluding hydrogens is 294 g/mol. The van der Waals surface area contributed by atoms with E-state index in [2.05, 4.69) is 9.82 Å². The van der Waals surface area contributed by atoms with Gasteiger partial charge in [0, 0.05) is 18.7 Å². The predicted molar refractivity (Wildman–Crippen MR) is 78.1 cm³/mol. The highest BCUT2D eigenvalue weighted by Crippen LogP contribution is 2.22. The van der Waals surface area contributed by atoms with Crippen molar-refractivity contribution in [2.75, 3.05) is 10.5 Å². The number of benzene rings is 1. The van der Waals surface area contributed by atoms with Crippen LogP contribution in [0.3, 0.4) is 0 Å². The van der Waals surface area contributed by atoms with Gasteiger partial charge in [0.05, 0.1) is 11.4 Å². The zero-order chi connectivity index (χ0) is 15.8. The van der Waals surface area contributed by atoms with E-state index in [1.54, 1.807) is 20.0 Å². The van der Waals surface area contributed by atoms with Crippen LogP contribution in [0.15, 0.2) is 29.2 Å². The first kappa shape index (κ1) is 14.9. The van der Waals surface area contributed by atoms with Crippen molar-refractivity contribution in [2.24, 2.45) is 12.8 Å². The summed E-state index contributed by atoms with van der Waals surface area (Å²) < 4.78 is 28.4. The van der Waals surface area contributed by atoms with Crippen molar-refractivity contribution < 1.29 is 13.2 Å². The first-order valence-corrected chi connectivity index (χ1v) is 7.42. The molecule has 21 heavy (non-hydrogen) atoms. The quantitative estimate of drug-likeness (QED) is 0.694. The lowest BCUT2D eigenvalue weighted by atomic mass is 10.2. The number of nitrogen functional groups attached to an aromatic ring is 1. The Morgan fingerprint density at radius 3 is 2.48 bits per heavy atom. The Morgan fingerprint density at radius 1 is 1.33 bits per heavy atom. The Bertz CT molecular complexity index is 810. The number of sulfonamides is 1. The number of hydrogen-bond donors (Lipinski definition) is 3. The van der Waals surface area contributed by atoms with Gasteiger partial charge in [-0.05, 0) is 25.1 Å². The fraction of sp³-hybridized carbons (Fsp3) is 0.167. The summed E-state index contributed by atoms with van der Waals surface area (Å²) >= 11 is 0. The minimum atomic E-state index is -3.88. The van der Waals surface area contributed by atoms with Gasteiger partial charge < -0.3 is 11.5 Å². The summed E-state index contributed by atoms with van der Waals surface area (Å²) in [6, 6.07) is 5.36. The highest BCUT2D eigenvalue weighted by Gasteiger charge is 2.20. The van der Waals surface area contributed by atoms with E-state index in [1.807, 2.05) is 0 Å². The van der Waals surface area contributed by atoms with E-state index < -0.39 is 15.9 Å². The molecule has 0 spiro atoms. The van der Waals surface area contributed by atoms with Gasteiger partial charge in [-0.2, -0.15) is 5.10 Å². The van der Waals surface area contributed by atoms with Crippen LogP contribution in [-0.4, -0.2) is 24.1 Å². The second-order valence-corrected chi connectivity index (χ2v) is 6.17. The summed E-state index contributed by atoms with van der Waals surface area (Å²) in [7, 11) is -2.27. The molecule has 0 aliphatic heterocycles. The van der Waals surface area contributed by atoms with Gasteiger partial charge in [0.1, 0.15) is 10.7 Å². The third-order valence-electron chi connectivity index (χ3n) is 2.82. The third kappa shape index (κ3) is 2.97. The maximum absolute atomic E-state index is 12.3. The number of aromatic nitrogens is 2. The molecule has 0 fully saturated rings. The lowest BCUT2D eigenvalue weighted by molar-refractivity contribution is 0.1000. The lowest BCUT2D eigenvalue weighted by Gasteiger charge is -2.10. The van der Waals surface area contributed by atoms with Crippen LogP contribution in [0.25, 0.3) is 0 Å². The average Bonchev–Trinajstić information content (AvgIpc) is 2.66. The molecule has 0 unspecified atom stereocenters. The Balaban J connectivity index is 2.40. The van der Waals surface area contributed by atoms with Crippen molar-refractivity contribution >= 4 is 27.4 Å². The monoisotopic (exact) mass is 309 g/mol. The van der Waals surface area contributed by atoms with Gasteiger partial charge >= 0.3 is 0 Å². The van der Waals surface area contributed by atoms with Crippen molar-refractivity contribution in [2.45, 2.75) is 11.8 Å². The van der Waals surface area contributed by atoms with Gasteiger partial charge in [-0.25, -0.2) is 8.42 Å². The molecule has 1 amide bonds. The minimum Gasteiger partial charge on any atom is -0.398 e. The SMILES string of the molecule is Cc1cc(NS(=O)(=O)c2ccc(C(N)=O)cc2N)n(C)n1. The highest BCUT2D eigenvalue weighted by atomic mass is 32.2. The first-order valence-electron chi connectivity index (χ1n) is 5.93. The number of carbonyl (C=O) groups is 1. The molecule has 8 nitrogen and oxygen atoms in total. The van der Waals surface area contributed by atoms with Gasteiger partial charge in [-0.1, -0.05) is 0 Å². The molecule has 9 heteroatoms. The van der Waals surface area contributed by atoms with Crippen LogP contribution in [0.1, 0.15) is 16.1 Å². The predicted octanol–water partition coefficient (Wildman–Crippen LogP) is 0.210. The van der Waals surface area contributed by atoms with Crippen LogP contribution in [0.5, 0.6) is 0 Å². The molecule has 0 bridgehead atoms. The summed E-state index contributed by atoms with van der Waals surface area (Å²) in [6.45, 7) is 1.74. The van der Waals surface area contributed by atoms with Crippen LogP contribution in [0.4, 0.5) is 11.5 Å². The Kier molecular flexibility index (Phi) is 3.60. The van der Waals surface area contributed by atoms with Crippen molar-refractivity contribution in [3.63, 3.8) is 0 Å². The van der Waals surface area contributed by atoms with Gasteiger partial charge in [-0.3, -0.25) is 14.2 Å². The molecule has 0 radical (unpaired) electrons. The molecule has 2 rings (SSSR count). The molecule has 1 heterocycles. The van der Waals surface area contributed by atoms with Crippen LogP contribution in [-0.2, 0) is 17.1 Å². The molecule has 2 aromatic rings. The summed E-state index contributed by atoms with van der Waals surface area (Å²) in [5, 5.41) is 4.05. The summed E-state index contributed by atoms with van der Waals surface area (Å²) in [6.07, 6.45) is 0. The number of nitrogens with one attached hydrogen (secondary N) is 1. The normalized spacial score (nSPS) is 11.3. The van der Waals surface area contributed by atoms with Crippen molar-refractivity contribution in [1.82, 2.24) is 9.78 Å². The van der Waals surface area contributed by atoms with Crippen LogP contribution < -0.4 is 16.2 Å². The maximum Gasteiger partial charge on any atom is 0.265 e. The molecule has 0 aliphatic rings. The van der Waals surface area contributed by atoms with Crippen molar-refractivity contribution in [3.8, 4) is 0 Å². The second-order valence-electron chi connectivity index (χ2n) is 4.52. The highest BCUT2D eigenvalue weighted by molar-refractivity contribution is 7.92. The Morgan fingerprint density at radius 2 is 2.00 bits per heavy atom. The van der Waals surface area contributed by atoms with Crippen LogP contribution in [0, 0.1) is 6.92 Å². The number of primary amides is 1. The molecule has 0 saturated heterocycles. The summed E-state index contributed by atoms with van der Waals surface area (Å²) in [4.78, 5) is 10.9. The topological polar surface area (TPSA) is 133 Å². The number of carbonyl (C=O) groups excluding carboxylic acids is 1. The molecule has 112 valence electrons. The smallest absolute Gasteiger partial charge is 0.265 e. The fourth-order valence-electron chi connectivity index (χ4n) is 1.85. The third-order valence-corrected chi connectivity index (χ3v) is 4.25. The summed E-state index contributed by atoms with van der Waals surface area (Å²) in [5.41, 5.74) is 11.6. The molecule has 5 N–H and O–H groups in total. The molecule has 0 atom stereocenters. The van der Waals surface area contributed by atoms with Crippen molar-refractivity contribution in [3.05, 3.63) is 35.5 Å². The lowest BCUT2D eigenvalue weighted by Crippen LogP contribution is -2.18. The maximum atomic E-state index is 12.3. The van der Waals surface area contributed by atoms with E-state index in [9.17, 15) is 13.2 Å². The van der Waals surface area contributed by atoms with Crippen LogP contribution >= 0.6 is 0 Å². The first-order chi connectivity index (χ1) is 9.70. The molecule has 1 aromatic carbocycles. The molecule has 0 aliphatic carbocycles. The van der Waals surface area contributed by atoms with Gasteiger partial charge in [0.25, 0.3) is 10.0 Å². The summed E-state index contributed by atoms with van der Waals surface area (Å²) in [5.74, 6) is -0.369. The number of anilines is 2. The molecule has 1 aromatic heterocycles. The van der Waals surface area contributed by atoms with E-state index >= 15 is 0 Å². The van der Waals surface area contributed by atoms with Gasteiger partial charge in [-0.15, -0.1) is 0 Å². The number of rotatable bonds is 4. The fourth-order valence-corrected chi connectivity index (χ4v) is 3.04. The van der Waals surface area contributed by atoms with Crippen LogP contribution in [0.2, 0.25) is 0 Å². The van der Waals surface area contributed by atoms with E-state index in [0.29, 0.717) is 11.5 Å². The standard InChI is InChI=1S/C12H15N5O3S/c1-7-5-11(17(2)15-7)16-21(19,20)10-4-3-8(12(14)18)6-9(10)13/h3-6,16H,13H2,1-2H3,(H2,14,18). The number of nitrogens with two attached hydrogens (primary N) is 2. The van der Waals surface area contributed by atoms with E-state index in [4.69, 9.17) is 11.5 Å².